The van der Waals surface area contributed by atoms with Crippen LogP contribution in [0, 0.1) is 0 Å². The summed E-state index contributed by atoms with van der Waals surface area (Å²) in [6.07, 6.45) is 1.43. The molecule has 0 aromatic heterocycles. The molecule has 0 radical (unpaired) electrons. The van der Waals surface area contributed by atoms with Crippen LogP contribution in [0.3, 0.4) is 0 Å². The summed E-state index contributed by atoms with van der Waals surface area (Å²) in [7, 11) is 0. The van der Waals surface area contributed by atoms with Gasteiger partial charge in [-0.1, -0.05) is 42.5 Å². The Morgan fingerprint density at radius 1 is 1.00 bits per heavy atom. The van der Waals surface area contributed by atoms with Crippen molar-refractivity contribution in [3.63, 3.8) is 0 Å². The van der Waals surface area contributed by atoms with Gasteiger partial charge < -0.3 is 10.6 Å². The number of hydrogen-bond acceptors (Lipinski definition) is 1. The lowest BCUT2D eigenvalue weighted by molar-refractivity contribution is 0.343. The van der Waals surface area contributed by atoms with Gasteiger partial charge in [-0.25, -0.2) is 0 Å². The Labute approximate surface area is 67.1 Å². The van der Waals surface area contributed by atoms with Gasteiger partial charge in [-0.3, -0.25) is 0 Å². The molecular weight excluding hydrogens is 140 g/mol. The molecule has 0 bridgehead atoms. The van der Waals surface area contributed by atoms with Gasteiger partial charge in [0.1, 0.15) is 0 Å². The van der Waals surface area contributed by atoms with E-state index in [1.165, 1.54) is 6.08 Å². The number of hydrogen-bond donors (Lipinski definition) is 1. The number of rotatable bonds is 1. The number of aliphatic hydroxyl groups is 1. The third kappa shape index (κ3) is 12.2. The van der Waals surface area contributed by atoms with E-state index in [4.69, 9.17) is 5.11 Å². The van der Waals surface area contributed by atoms with E-state index in [2.05, 4.69) is 6.58 Å². The van der Waals surface area contributed by atoms with Crippen LogP contribution >= 0.6 is 0 Å². The van der Waals surface area contributed by atoms with E-state index in [1.807, 2.05) is 36.4 Å². The highest BCUT2D eigenvalue weighted by molar-refractivity contribution is 4.99. The SMILES string of the molecule is C=CCO.O.c1ccccc1. The molecule has 0 aliphatic heterocycles. The van der Waals surface area contributed by atoms with Crippen molar-refractivity contribution in [2.24, 2.45) is 0 Å². The maximum Gasteiger partial charge on any atom is 0.0609 e. The normalized spacial score (nSPS) is 6.64. The predicted octanol–water partition coefficient (Wildman–Crippen LogP) is 1.03. The first-order valence-electron chi connectivity index (χ1n) is 3.13. The second kappa shape index (κ2) is 11.6. The maximum absolute atomic E-state index is 7.76. The van der Waals surface area contributed by atoms with E-state index < -0.39 is 0 Å². The monoisotopic (exact) mass is 154 g/mol. The van der Waals surface area contributed by atoms with Gasteiger partial charge in [-0.15, -0.1) is 6.58 Å². The minimum absolute atomic E-state index is 0. The second-order valence-electron chi connectivity index (χ2n) is 1.63. The van der Waals surface area contributed by atoms with Gasteiger partial charge in [-0.2, -0.15) is 0 Å². The van der Waals surface area contributed by atoms with Gasteiger partial charge in [0.25, 0.3) is 0 Å². The molecule has 0 fully saturated rings. The Morgan fingerprint density at radius 3 is 1.27 bits per heavy atom. The molecule has 11 heavy (non-hydrogen) atoms. The Morgan fingerprint density at radius 2 is 1.18 bits per heavy atom. The van der Waals surface area contributed by atoms with Crippen molar-refractivity contribution in [3.8, 4) is 0 Å². The van der Waals surface area contributed by atoms with Crippen LogP contribution in [-0.2, 0) is 0 Å². The molecule has 1 aromatic rings. The van der Waals surface area contributed by atoms with Gasteiger partial charge in [0.05, 0.1) is 6.61 Å². The fourth-order valence-electron chi connectivity index (χ4n) is 0.385. The molecular formula is C9H14O2. The second-order valence-corrected chi connectivity index (χ2v) is 1.63. The molecule has 0 spiro atoms. The largest absolute Gasteiger partial charge is 0.412 e. The molecule has 1 aromatic carbocycles. The van der Waals surface area contributed by atoms with E-state index in [9.17, 15) is 0 Å². The van der Waals surface area contributed by atoms with Crippen LogP contribution in [-0.4, -0.2) is 17.2 Å². The minimum Gasteiger partial charge on any atom is -0.412 e. The summed E-state index contributed by atoms with van der Waals surface area (Å²) in [4.78, 5) is 0. The van der Waals surface area contributed by atoms with Gasteiger partial charge in [-0.05, 0) is 0 Å². The zero-order chi connectivity index (χ0) is 7.66. The molecule has 0 aliphatic rings. The summed E-state index contributed by atoms with van der Waals surface area (Å²) in [5, 5.41) is 7.76. The molecule has 0 atom stereocenters. The van der Waals surface area contributed by atoms with E-state index in [0.29, 0.717) is 0 Å². The van der Waals surface area contributed by atoms with Crippen molar-refractivity contribution in [1.29, 1.82) is 0 Å². The Balaban J connectivity index is 0. The Bertz CT molecular complexity index is 122. The van der Waals surface area contributed by atoms with Crippen molar-refractivity contribution in [3.05, 3.63) is 49.1 Å². The minimum atomic E-state index is 0. The van der Waals surface area contributed by atoms with Gasteiger partial charge >= 0.3 is 0 Å². The van der Waals surface area contributed by atoms with Crippen LogP contribution in [0.2, 0.25) is 0 Å². The Kier molecular flexibility index (Phi) is 13.3. The third-order valence-electron chi connectivity index (χ3n) is 0.796. The maximum atomic E-state index is 7.76. The van der Waals surface area contributed by atoms with Crippen molar-refractivity contribution in [1.82, 2.24) is 0 Å². The van der Waals surface area contributed by atoms with Crippen LogP contribution in [0.15, 0.2) is 49.1 Å². The molecule has 1 rings (SSSR count). The summed E-state index contributed by atoms with van der Waals surface area (Å²) < 4.78 is 0. The quantitative estimate of drug-likeness (QED) is 0.603. The first-order chi connectivity index (χ1) is 4.91. The Hall–Kier alpha value is -1.12. The fourth-order valence-corrected chi connectivity index (χ4v) is 0.385. The summed E-state index contributed by atoms with van der Waals surface area (Å²) in [5.41, 5.74) is 0. The average molecular weight is 154 g/mol. The molecule has 0 heterocycles. The summed E-state index contributed by atoms with van der Waals surface area (Å²) in [6.45, 7) is 3.31. The van der Waals surface area contributed by atoms with Gasteiger partial charge in [0.2, 0.25) is 0 Å². The van der Waals surface area contributed by atoms with E-state index in [-0.39, 0.29) is 12.1 Å². The van der Waals surface area contributed by atoms with E-state index >= 15 is 0 Å². The fraction of sp³-hybridized carbons (Fsp3) is 0.111. The molecule has 0 amide bonds. The molecule has 0 aliphatic carbocycles. The van der Waals surface area contributed by atoms with Crippen molar-refractivity contribution in [2.45, 2.75) is 0 Å². The lowest BCUT2D eigenvalue weighted by Crippen LogP contribution is -1.62. The average Bonchev–Trinajstić information content (AvgIpc) is 2.08. The lowest BCUT2D eigenvalue weighted by atomic mass is 10.4. The molecule has 0 saturated heterocycles. The van der Waals surface area contributed by atoms with Crippen molar-refractivity contribution < 1.29 is 10.6 Å². The zero-order valence-corrected chi connectivity index (χ0v) is 6.40. The molecule has 2 heteroatoms. The predicted molar refractivity (Wildman–Crippen MR) is 47.3 cm³/mol. The van der Waals surface area contributed by atoms with Crippen LogP contribution in [0.4, 0.5) is 0 Å². The number of aliphatic hydroxyl groups excluding tert-OH is 1. The van der Waals surface area contributed by atoms with Gasteiger partial charge in [0, 0.05) is 0 Å². The summed E-state index contributed by atoms with van der Waals surface area (Å²) in [5.74, 6) is 0. The first kappa shape index (κ1) is 12.5. The highest BCUT2D eigenvalue weighted by atomic mass is 16.2. The number of benzene rings is 1. The van der Waals surface area contributed by atoms with Crippen molar-refractivity contribution >= 4 is 0 Å². The summed E-state index contributed by atoms with van der Waals surface area (Å²) >= 11 is 0. The van der Waals surface area contributed by atoms with Crippen molar-refractivity contribution in [2.75, 3.05) is 6.61 Å². The third-order valence-corrected chi connectivity index (χ3v) is 0.796. The molecule has 3 N–H and O–H groups in total. The van der Waals surface area contributed by atoms with Crippen LogP contribution in [0.5, 0.6) is 0 Å². The van der Waals surface area contributed by atoms with Gasteiger partial charge in [0.15, 0.2) is 0 Å². The van der Waals surface area contributed by atoms with Crippen LogP contribution in [0.1, 0.15) is 0 Å². The molecule has 62 valence electrons. The standard InChI is InChI=1S/C6H6.C3H6O.H2O/c1-2-4-6-5-3-1;1-2-3-4;/h1-6H;2,4H,1,3H2;1H2. The molecule has 2 nitrogen and oxygen atoms in total. The van der Waals surface area contributed by atoms with Crippen LogP contribution < -0.4 is 0 Å². The lowest BCUT2D eigenvalue weighted by Gasteiger charge is -1.69. The summed E-state index contributed by atoms with van der Waals surface area (Å²) in [6, 6.07) is 12.0. The highest BCUT2D eigenvalue weighted by Crippen LogP contribution is 1.79. The first-order valence-corrected chi connectivity index (χ1v) is 3.13. The zero-order valence-electron chi connectivity index (χ0n) is 6.40. The smallest absolute Gasteiger partial charge is 0.0609 e. The highest BCUT2D eigenvalue weighted by Gasteiger charge is 1.57. The molecule has 0 unspecified atom stereocenters. The van der Waals surface area contributed by atoms with E-state index in [0.717, 1.165) is 0 Å². The van der Waals surface area contributed by atoms with Crippen LogP contribution in [0.25, 0.3) is 0 Å². The van der Waals surface area contributed by atoms with E-state index in [1.54, 1.807) is 0 Å². The molecule has 0 saturated carbocycles. The topological polar surface area (TPSA) is 51.7 Å².